The number of nitrogens with zero attached hydrogens (tertiary/aromatic N) is 1. The summed E-state index contributed by atoms with van der Waals surface area (Å²) in [7, 11) is 0. The maximum absolute atomic E-state index is 11.6. The smallest absolute Gasteiger partial charge is 0.309 e. The lowest BCUT2D eigenvalue weighted by molar-refractivity contribution is -0.148. The summed E-state index contributed by atoms with van der Waals surface area (Å²) in [5.74, 6) is -0.0749. The molecule has 3 nitrogen and oxygen atoms in total. The van der Waals surface area contributed by atoms with Crippen molar-refractivity contribution < 1.29 is 9.53 Å². The van der Waals surface area contributed by atoms with Gasteiger partial charge in [-0.25, -0.2) is 0 Å². The van der Waals surface area contributed by atoms with Gasteiger partial charge in [-0.05, 0) is 32.9 Å². The first-order valence-corrected chi connectivity index (χ1v) is 7.04. The summed E-state index contributed by atoms with van der Waals surface area (Å²) < 4.78 is 5.05. The number of carbonyl (C=O) groups excluding carboxylic acids is 1. The first-order chi connectivity index (χ1) is 8.15. The summed E-state index contributed by atoms with van der Waals surface area (Å²) in [6, 6.07) is 0. The van der Waals surface area contributed by atoms with Crippen molar-refractivity contribution in [1.82, 2.24) is 4.90 Å². The van der Waals surface area contributed by atoms with Crippen LogP contribution in [0.4, 0.5) is 0 Å². The number of rotatable bonds is 10. The third kappa shape index (κ3) is 8.19. The molecule has 0 saturated heterocycles. The Morgan fingerprint density at radius 1 is 1.12 bits per heavy atom. The highest BCUT2D eigenvalue weighted by atomic mass is 16.5. The highest BCUT2D eigenvalue weighted by Gasteiger charge is 2.17. The minimum absolute atomic E-state index is 0.0105. The average Bonchev–Trinajstić information content (AvgIpc) is 2.32. The topological polar surface area (TPSA) is 29.5 Å². The summed E-state index contributed by atoms with van der Waals surface area (Å²) >= 11 is 0. The SMILES string of the molecule is CCCCN(CCCC)CC(C)C(=O)OCC. The van der Waals surface area contributed by atoms with Crippen LogP contribution in [0.25, 0.3) is 0 Å². The molecule has 0 aromatic carbocycles. The average molecular weight is 243 g/mol. The van der Waals surface area contributed by atoms with Crippen LogP contribution in [0.2, 0.25) is 0 Å². The Morgan fingerprint density at radius 3 is 2.06 bits per heavy atom. The fourth-order valence-electron chi connectivity index (χ4n) is 1.80. The lowest BCUT2D eigenvalue weighted by Crippen LogP contribution is -2.34. The van der Waals surface area contributed by atoms with E-state index < -0.39 is 0 Å². The first kappa shape index (κ1) is 16.4. The summed E-state index contributed by atoms with van der Waals surface area (Å²) in [6.45, 7) is 11.7. The molecule has 0 rings (SSSR count). The Morgan fingerprint density at radius 2 is 1.65 bits per heavy atom. The molecular weight excluding hydrogens is 214 g/mol. The lowest BCUT2D eigenvalue weighted by atomic mass is 10.1. The Hall–Kier alpha value is -0.570. The van der Waals surface area contributed by atoms with Gasteiger partial charge in [0.15, 0.2) is 0 Å². The van der Waals surface area contributed by atoms with Crippen LogP contribution in [0.15, 0.2) is 0 Å². The Bertz CT molecular complexity index is 187. The van der Waals surface area contributed by atoms with Crippen LogP contribution in [0.1, 0.15) is 53.4 Å². The normalized spacial score (nSPS) is 12.8. The highest BCUT2D eigenvalue weighted by molar-refractivity contribution is 5.72. The standard InChI is InChI=1S/C14H29NO2/c1-5-8-10-15(11-9-6-2)12-13(4)14(16)17-7-3/h13H,5-12H2,1-4H3. The largest absolute Gasteiger partial charge is 0.466 e. The van der Waals surface area contributed by atoms with E-state index in [1.807, 2.05) is 13.8 Å². The summed E-state index contributed by atoms with van der Waals surface area (Å²) in [5, 5.41) is 0. The predicted octanol–water partition coefficient (Wildman–Crippen LogP) is 3.09. The molecular formula is C14H29NO2. The van der Waals surface area contributed by atoms with E-state index in [1.165, 1.54) is 25.7 Å². The molecule has 0 aromatic heterocycles. The number of hydrogen-bond acceptors (Lipinski definition) is 3. The van der Waals surface area contributed by atoms with Gasteiger partial charge in [-0.3, -0.25) is 4.79 Å². The van der Waals surface area contributed by atoms with E-state index in [9.17, 15) is 4.79 Å². The molecule has 0 aliphatic heterocycles. The van der Waals surface area contributed by atoms with Crippen molar-refractivity contribution >= 4 is 5.97 Å². The fourth-order valence-corrected chi connectivity index (χ4v) is 1.80. The van der Waals surface area contributed by atoms with Crippen LogP contribution >= 0.6 is 0 Å². The second kappa shape index (κ2) is 10.6. The third-order valence-electron chi connectivity index (χ3n) is 2.88. The molecule has 0 amide bonds. The first-order valence-electron chi connectivity index (χ1n) is 7.04. The van der Waals surface area contributed by atoms with Crippen molar-refractivity contribution in [2.24, 2.45) is 5.92 Å². The molecule has 0 radical (unpaired) electrons. The van der Waals surface area contributed by atoms with Crippen molar-refractivity contribution in [2.45, 2.75) is 53.4 Å². The minimum Gasteiger partial charge on any atom is -0.466 e. The van der Waals surface area contributed by atoms with E-state index in [-0.39, 0.29) is 11.9 Å². The number of unbranched alkanes of at least 4 members (excludes halogenated alkanes) is 2. The minimum atomic E-state index is -0.0644. The summed E-state index contributed by atoms with van der Waals surface area (Å²) in [5.41, 5.74) is 0. The molecule has 0 saturated carbocycles. The van der Waals surface area contributed by atoms with Gasteiger partial charge in [0, 0.05) is 6.54 Å². The third-order valence-corrected chi connectivity index (χ3v) is 2.88. The quantitative estimate of drug-likeness (QED) is 0.552. The van der Waals surface area contributed by atoms with E-state index in [2.05, 4.69) is 18.7 Å². The van der Waals surface area contributed by atoms with Gasteiger partial charge in [-0.1, -0.05) is 33.6 Å². The van der Waals surface area contributed by atoms with E-state index >= 15 is 0 Å². The molecule has 0 spiro atoms. The highest BCUT2D eigenvalue weighted by Crippen LogP contribution is 2.06. The van der Waals surface area contributed by atoms with E-state index in [0.717, 1.165) is 19.6 Å². The van der Waals surface area contributed by atoms with E-state index in [1.54, 1.807) is 0 Å². The van der Waals surface area contributed by atoms with Crippen LogP contribution in [-0.2, 0) is 9.53 Å². The van der Waals surface area contributed by atoms with Crippen LogP contribution < -0.4 is 0 Å². The maximum Gasteiger partial charge on any atom is 0.309 e. The number of ether oxygens (including phenoxy) is 1. The second-order valence-corrected chi connectivity index (χ2v) is 4.66. The Kier molecular flexibility index (Phi) is 10.2. The fraction of sp³-hybridized carbons (Fsp3) is 0.929. The molecule has 0 aliphatic carbocycles. The summed E-state index contributed by atoms with van der Waals surface area (Å²) in [4.78, 5) is 14.0. The molecule has 17 heavy (non-hydrogen) atoms. The van der Waals surface area contributed by atoms with E-state index in [0.29, 0.717) is 6.61 Å². The van der Waals surface area contributed by atoms with Crippen molar-refractivity contribution in [1.29, 1.82) is 0 Å². The van der Waals surface area contributed by atoms with Crippen LogP contribution in [-0.4, -0.2) is 37.1 Å². The molecule has 0 aromatic rings. The van der Waals surface area contributed by atoms with Gasteiger partial charge in [0.25, 0.3) is 0 Å². The lowest BCUT2D eigenvalue weighted by Gasteiger charge is -2.24. The zero-order valence-corrected chi connectivity index (χ0v) is 12.0. The molecule has 0 N–H and O–H groups in total. The Labute approximate surface area is 107 Å². The second-order valence-electron chi connectivity index (χ2n) is 4.66. The molecule has 1 unspecified atom stereocenters. The van der Waals surface area contributed by atoms with Crippen molar-refractivity contribution in [3.8, 4) is 0 Å². The van der Waals surface area contributed by atoms with Crippen LogP contribution in [0, 0.1) is 5.92 Å². The Balaban J connectivity index is 4.05. The number of esters is 1. The summed E-state index contributed by atoms with van der Waals surface area (Å²) in [6.07, 6.45) is 4.82. The number of carbonyl (C=O) groups is 1. The van der Waals surface area contributed by atoms with Gasteiger partial charge < -0.3 is 9.64 Å². The number of hydrogen-bond donors (Lipinski definition) is 0. The zero-order chi connectivity index (χ0) is 13.1. The maximum atomic E-state index is 11.6. The predicted molar refractivity (Wildman–Crippen MR) is 72.1 cm³/mol. The van der Waals surface area contributed by atoms with Crippen molar-refractivity contribution in [3.63, 3.8) is 0 Å². The van der Waals surface area contributed by atoms with Gasteiger partial charge in [0.05, 0.1) is 12.5 Å². The van der Waals surface area contributed by atoms with Gasteiger partial charge in [0.2, 0.25) is 0 Å². The molecule has 1 atom stereocenters. The van der Waals surface area contributed by atoms with Gasteiger partial charge in [-0.15, -0.1) is 0 Å². The van der Waals surface area contributed by atoms with Gasteiger partial charge in [0.1, 0.15) is 0 Å². The van der Waals surface area contributed by atoms with E-state index in [4.69, 9.17) is 4.74 Å². The van der Waals surface area contributed by atoms with Gasteiger partial charge >= 0.3 is 5.97 Å². The van der Waals surface area contributed by atoms with Gasteiger partial charge in [-0.2, -0.15) is 0 Å². The van der Waals surface area contributed by atoms with Crippen molar-refractivity contribution in [2.75, 3.05) is 26.2 Å². The molecule has 0 bridgehead atoms. The molecule has 0 fully saturated rings. The molecule has 0 aliphatic rings. The van der Waals surface area contributed by atoms with Crippen LogP contribution in [0.3, 0.4) is 0 Å². The van der Waals surface area contributed by atoms with Crippen molar-refractivity contribution in [3.05, 3.63) is 0 Å². The molecule has 3 heteroatoms. The zero-order valence-electron chi connectivity index (χ0n) is 12.0. The monoisotopic (exact) mass is 243 g/mol. The molecule has 102 valence electrons. The molecule has 0 heterocycles. The van der Waals surface area contributed by atoms with Crippen LogP contribution in [0.5, 0.6) is 0 Å².